The van der Waals surface area contributed by atoms with E-state index < -0.39 is 35.2 Å². The molecule has 2 saturated carbocycles. The predicted molar refractivity (Wildman–Crippen MR) is 173 cm³/mol. The third-order valence-corrected chi connectivity index (χ3v) is 9.14. The molecule has 2 aliphatic rings. The van der Waals surface area contributed by atoms with Crippen molar-refractivity contribution in [1.29, 1.82) is 0 Å². The number of hydrogen-bond acceptors (Lipinski definition) is 5. The van der Waals surface area contributed by atoms with Crippen molar-refractivity contribution in [1.82, 2.24) is 5.32 Å². The highest BCUT2D eigenvalue weighted by atomic mass is 16.5. The molecule has 3 rings (SSSR count). The van der Waals surface area contributed by atoms with Gasteiger partial charge in [-0.1, -0.05) is 53.2 Å². The summed E-state index contributed by atoms with van der Waals surface area (Å²) < 4.78 is 11.7. The number of anilines is 1. The van der Waals surface area contributed by atoms with E-state index in [-0.39, 0.29) is 23.8 Å². The molecule has 2 aliphatic carbocycles. The van der Waals surface area contributed by atoms with Crippen LogP contribution in [-0.2, 0) is 29.3 Å². The molecule has 0 bridgehead atoms. The van der Waals surface area contributed by atoms with Crippen LogP contribution in [0.15, 0.2) is 29.5 Å². The van der Waals surface area contributed by atoms with E-state index in [0.29, 0.717) is 24.0 Å². The highest BCUT2D eigenvalue weighted by molar-refractivity contribution is 6.01. The minimum Gasteiger partial charge on any atom is -0.498 e. The molecular weight excluding hydrogens is 540 g/mol. The zero-order chi connectivity index (χ0) is 32.1. The van der Waals surface area contributed by atoms with E-state index in [0.717, 1.165) is 49.7 Å². The molecule has 240 valence electrons. The highest BCUT2D eigenvalue weighted by Crippen LogP contribution is 2.54. The third kappa shape index (κ3) is 8.02. The number of nitrogens with one attached hydrogen (secondary N) is 2. The van der Waals surface area contributed by atoms with Crippen LogP contribution < -0.4 is 10.6 Å². The predicted octanol–water partition coefficient (Wildman–Crippen LogP) is 7.47. The molecule has 2 amide bonds. The van der Waals surface area contributed by atoms with Crippen LogP contribution in [0.25, 0.3) is 0 Å². The van der Waals surface area contributed by atoms with Crippen LogP contribution in [0.5, 0.6) is 0 Å². The van der Waals surface area contributed by atoms with Crippen LogP contribution in [0.1, 0.15) is 112 Å². The first-order valence-electron chi connectivity index (χ1n) is 16.4. The number of ether oxygens (including phenoxy) is 2. The maximum atomic E-state index is 14.2. The summed E-state index contributed by atoms with van der Waals surface area (Å²) in [7, 11) is 0. The second-order valence-corrected chi connectivity index (χ2v) is 14.2. The van der Waals surface area contributed by atoms with Crippen molar-refractivity contribution >= 4 is 23.5 Å². The Morgan fingerprint density at radius 2 is 1.53 bits per heavy atom. The van der Waals surface area contributed by atoms with E-state index in [1.54, 1.807) is 6.92 Å². The zero-order valence-electron chi connectivity index (χ0n) is 28.3. The Morgan fingerprint density at radius 1 is 0.907 bits per heavy atom. The standard InChI is InChI=1S/C36H56N2O5/c1-11-19-36(9,10)38-33(40)29-27(31(42-12-2)24-15-14-16-24)28(30(29)34(41)43-13-3)32(39)37-26-18-17-25(20-23(26)6)35(7,8)21-22(4)5/h17-18,20,22,27-30H,11-16,19,21H2,1-10H3,(H,37,39)(H,38,40). The Hall–Kier alpha value is -2.83. The summed E-state index contributed by atoms with van der Waals surface area (Å²) in [5.41, 5.74) is 3.60. The number of allylic oxidation sites excluding steroid dienone is 2. The summed E-state index contributed by atoms with van der Waals surface area (Å²) in [6, 6.07) is 6.19. The second-order valence-electron chi connectivity index (χ2n) is 14.2. The van der Waals surface area contributed by atoms with Crippen molar-refractivity contribution in [2.75, 3.05) is 18.5 Å². The average molecular weight is 597 g/mol. The molecule has 0 spiro atoms. The van der Waals surface area contributed by atoms with Crippen molar-refractivity contribution in [3.63, 3.8) is 0 Å². The van der Waals surface area contributed by atoms with Gasteiger partial charge in [0.05, 0.1) is 36.7 Å². The normalized spacial score (nSPS) is 21.9. The van der Waals surface area contributed by atoms with Crippen LogP contribution in [-0.4, -0.2) is 36.5 Å². The first-order chi connectivity index (χ1) is 20.2. The molecule has 4 atom stereocenters. The van der Waals surface area contributed by atoms with Gasteiger partial charge in [0.25, 0.3) is 0 Å². The first-order valence-corrected chi connectivity index (χ1v) is 16.4. The minimum atomic E-state index is -0.900. The number of hydrogen-bond donors (Lipinski definition) is 2. The van der Waals surface area contributed by atoms with Gasteiger partial charge in [0.15, 0.2) is 0 Å². The van der Waals surface area contributed by atoms with E-state index in [1.807, 2.05) is 33.8 Å². The number of aryl methyl sites for hydroxylation is 1. The van der Waals surface area contributed by atoms with Gasteiger partial charge in [0.2, 0.25) is 11.8 Å². The molecule has 0 heterocycles. The molecule has 2 N–H and O–H groups in total. The Morgan fingerprint density at radius 3 is 2.05 bits per heavy atom. The molecule has 4 unspecified atom stereocenters. The van der Waals surface area contributed by atoms with Crippen molar-refractivity contribution < 1.29 is 23.9 Å². The molecule has 0 aliphatic heterocycles. The number of esters is 1. The fourth-order valence-corrected chi connectivity index (χ4v) is 7.13. The topological polar surface area (TPSA) is 93.7 Å². The number of carbonyl (C=O) groups excluding carboxylic acids is 3. The summed E-state index contributed by atoms with van der Waals surface area (Å²) >= 11 is 0. The Balaban J connectivity index is 2.01. The molecule has 0 aromatic heterocycles. The maximum Gasteiger partial charge on any atom is 0.310 e. The van der Waals surface area contributed by atoms with Crippen molar-refractivity contribution in [3.05, 3.63) is 40.7 Å². The first kappa shape index (κ1) is 34.7. The SMILES string of the molecule is CCCC(C)(C)NC(=O)C1C(C(=O)OCC)C(C(=O)Nc2ccc(C(C)(C)CC(C)C)cc2C)C1C(OCC)=C1CCC1. The Labute approximate surface area is 259 Å². The molecule has 0 radical (unpaired) electrons. The van der Waals surface area contributed by atoms with Gasteiger partial charge in [-0.25, -0.2) is 0 Å². The monoisotopic (exact) mass is 596 g/mol. The third-order valence-electron chi connectivity index (χ3n) is 9.14. The molecule has 7 heteroatoms. The van der Waals surface area contributed by atoms with E-state index in [9.17, 15) is 14.4 Å². The summed E-state index contributed by atoms with van der Waals surface area (Å²) in [6.07, 6.45) is 5.58. The van der Waals surface area contributed by atoms with Crippen LogP contribution >= 0.6 is 0 Å². The van der Waals surface area contributed by atoms with E-state index in [1.165, 1.54) is 5.56 Å². The second kappa shape index (κ2) is 14.3. The summed E-state index contributed by atoms with van der Waals surface area (Å²) in [5.74, 6) is -2.71. The minimum absolute atomic E-state index is 0.00300. The number of amides is 2. The van der Waals surface area contributed by atoms with Gasteiger partial charge in [-0.2, -0.15) is 0 Å². The van der Waals surface area contributed by atoms with Gasteiger partial charge in [-0.3, -0.25) is 14.4 Å². The van der Waals surface area contributed by atoms with E-state index >= 15 is 0 Å². The average Bonchev–Trinajstić information content (AvgIpc) is 2.82. The largest absolute Gasteiger partial charge is 0.498 e. The lowest BCUT2D eigenvalue weighted by atomic mass is 9.54. The van der Waals surface area contributed by atoms with Crippen molar-refractivity contribution in [3.8, 4) is 0 Å². The lowest BCUT2D eigenvalue weighted by molar-refractivity contribution is -0.174. The smallest absolute Gasteiger partial charge is 0.310 e. The van der Waals surface area contributed by atoms with Crippen molar-refractivity contribution in [2.45, 2.75) is 119 Å². The molecule has 1 aromatic rings. The van der Waals surface area contributed by atoms with Gasteiger partial charge < -0.3 is 20.1 Å². The highest BCUT2D eigenvalue weighted by Gasteiger charge is 2.63. The number of rotatable bonds is 14. The lowest BCUT2D eigenvalue weighted by Gasteiger charge is -2.50. The molecule has 0 saturated heterocycles. The fraction of sp³-hybridized carbons (Fsp3) is 0.694. The van der Waals surface area contributed by atoms with Crippen LogP contribution in [0, 0.1) is 36.5 Å². The lowest BCUT2D eigenvalue weighted by Crippen LogP contribution is -2.63. The Bertz CT molecular complexity index is 1190. The quantitative estimate of drug-likeness (QED) is 0.172. The molecule has 2 fully saturated rings. The van der Waals surface area contributed by atoms with Gasteiger partial charge in [0, 0.05) is 17.1 Å². The van der Waals surface area contributed by atoms with Gasteiger partial charge in [-0.15, -0.1) is 0 Å². The van der Waals surface area contributed by atoms with Crippen LogP contribution in [0.2, 0.25) is 0 Å². The van der Waals surface area contributed by atoms with Gasteiger partial charge >= 0.3 is 5.97 Å². The summed E-state index contributed by atoms with van der Waals surface area (Å²) in [5, 5.41) is 6.32. The van der Waals surface area contributed by atoms with E-state index in [4.69, 9.17) is 9.47 Å². The fourth-order valence-electron chi connectivity index (χ4n) is 7.13. The number of carbonyl (C=O) groups is 3. The zero-order valence-corrected chi connectivity index (χ0v) is 28.3. The van der Waals surface area contributed by atoms with Gasteiger partial charge in [-0.05, 0) is 101 Å². The van der Waals surface area contributed by atoms with Gasteiger partial charge in [0.1, 0.15) is 0 Å². The Kier molecular flexibility index (Phi) is 11.5. The summed E-state index contributed by atoms with van der Waals surface area (Å²) in [4.78, 5) is 41.6. The maximum absolute atomic E-state index is 14.2. The molecular formula is C36H56N2O5. The molecule has 1 aromatic carbocycles. The molecule has 43 heavy (non-hydrogen) atoms. The summed E-state index contributed by atoms with van der Waals surface area (Å²) in [6.45, 7) is 21.3. The van der Waals surface area contributed by atoms with Crippen LogP contribution in [0.3, 0.4) is 0 Å². The van der Waals surface area contributed by atoms with Crippen molar-refractivity contribution in [2.24, 2.45) is 29.6 Å². The van der Waals surface area contributed by atoms with Crippen LogP contribution in [0.4, 0.5) is 5.69 Å². The van der Waals surface area contributed by atoms with E-state index in [2.05, 4.69) is 57.4 Å². The molecule has 7 nitrogen and oxygen atoms in total. The number of benzene rings is 1.